The lowest BCUT2D eigenvalue weighted by atomic mass is 10.2. The van der Waals surface area contributed by atoms with Crippen molar-refractivity contribution in [1.29, 1.82) is 0 Å². The van der Waals surface area contributed by atoms with E-state index in [9.17, 15) is 4.79 Å². The lowest BCUT2D eigenvalue weighted by Gasteiger charge is -2.15. The topological polar surface area (TPSA) is 34.0 Å². The van der Waals surface area contributed by atoms with Gasteiger partial charge in [0.05, 0.1) is 0 Å². The van der Waals surface area contributed by atoms with Gasteiger partial charge in [0, 0.05) is 28.5 Å². The molecule has 1 atom stereocenters. The number of rotatable bonds is 3. The molecule has 2 heterocycles. The summed E-state index contributed by atoms with van der Waals surface area (Å²) in [6.45, 7) is 4.16. The Bertz CT molecular complexity index is 411. The highest BCUT2D eigenvalue weighted by Gasteiger charge is 2.21. The number of hydrogen-bond acceptors (Lipinski definition) is 2. The van der Waals surface area contributed by atoms with Crippen molar-refractivity contribution in [3.63, 3.8) is 0 Å². The molecule has 0 aromatic carbocycles. The third kappa shape index (κ3) is 3.07. The molecule has 1 aromatic rings. The van der Waals surface area contributed by atoms with Gasteiger partial charge in [0.15, 0.2) is 0 Å². The minimum Gasteiger partial charge on any atom is -0.347 e. The monoisotopic (exact) mass is 316 g/mol. The lowest BCUT2D eigenvalue weighted by Crippen LogP contribution is -2.35. The standard InChI is InChI=1S/C12H17BrN2OS/c1-8(2)15-6-9(13)5-11(15)12(16)14-10-3-4-17-7-10/h5-6,8,10H,3-4,7H2,1-2H3,(H,14,16). The summed E-state index contributed by atoms with van der Waals surface area (Å²) in [6, 6.07) is 2.51. The minimum atomic E-state index is 0.0388. The van der Waals surface area contributed by atoms with E-state index in [0.29, 0.717) is 12.1 Å². The fourth-order valence-electron chi connectivity index (χ4n) is 1.96. The number of thioether (sulfide) groups is 1. The number of carbonyl (C=O) groups is 1. The third-order valence-electron chi connectivity index (χ3n) is 2.87. The number of hydrogen-bond donors (Lipinski definition) is 1. The van der Waals surface area contributed by atoms with Crippen molar-refractivity contribution in [2.45, 2.75) is 32.4 Å². The molecule has 0 bridgehead atoms. The van der Waals surface area contributed by atoms with Crippen molar-refractivity contribution in [3.05, 3.63) is 22.4 Å². The molecule has 94 valence electrons. The summed E-state index contributed by atoms with van der Waals surface area (Å²) >= 11 is 5.33. The maximum absolute atomic E-state index is 12.2. The Kier molecular flexibility index (Phi) is 4.20. The van der Waals surface area contributed by atoms with Crippen molar-refractivity contribution in [2.24, 2.45) is 0 Å². The SMILES string of the molecule is CC(C)n1cc(Br)cc1C(=O)NC1CCSC1. The Morgan fingerprint density at radius 3 is 3.00 bits per heavy atom. The summed E-state index contributed by atoms with van der Waals surface area (Å²) in [6.07, 6.45) is 3.04. The zero-order valence-corrected chi connectivity index (χ0v) is 12.5. The van der Waals surface area contributed by atoms with E-state index in [1.807, 2.05) is 28.6 Å². The molecule has 17 heavy (non-hydrogen) atoms. The van der Waals surface area contributed by atoms with E-state index < -0.39 is 0 Å². The van der Waals surface area contributed by atoms with Gasteiger partial charge >= 0.3 is 0 Å². The molecule has 0 saturated carbocycles. The first-order valence-corrected chi connectivity index (χ1v) is 7.78. The summed E-state index contributed by atoms with van der Waals surface area (Å²) in [4.78, 5) is 12.2. The molecule has 0 spiro atoms. The molecular weight excluding hydrogens is 300 g/mol. The Morgan fingerprint density at radius 2 is 2.41 bits per heavy atom. The molecule has 1 amide bonds. The molecule has 1 N–H and O–H groups in total. The highest BCUT2D eigenvalue weighted by Crippen LogP contribution is 2.21. The number of nitrogens with one attached hydrogen (secondary N) is 1. The fraction of sp³-hybridized carbons (Fsp3) is 0.583. The van der Waals surface area contributed by atoms with E-state index in [2.05, 4.69) is 35.1 Å². The first-order valence-electron chi connectivity index (χ1n) is 5.84. The van der Waals surface area contributed by atoms with Gasteiger partial charge in [0.2, 0.25) is 0 Å². The second-order valence-electron chi connectivity index (χ2n) is 4.58. The zero-order valence-electron chi connectivity index (χ0n) is 10.1. The van der Waals surface area contributed by atoms with Gasteiger partial charge in [-0.2, -0.15) is 11.8 Å². The smallest absolute Gasteiger partial charge is 0.268 e. The maximum atomic E-state index is 12.2. The van der Waals surface area contributed by atoms with Gasteiger partial charge < -0.3 is 9.88 Å². The van der Waals surface area contributed by atoms with E-state index in [-0.39, 0.29) is 5.91 Å². The number of aromatic nitrogens is 1. The molecule has 1 aliphatic rings. The summed E-state index contributed by atoms with van der Waals surface area (Å²) in [7, 11) is 0. The van der Waals surface area contributed by atoms with Crippen LogP contribution in [0.4, 0.5) is 0 Å². The van der Waals surface area contributed by atoms with Gasteiger partial charge in [-0.25, -0.2) is 0 Å². The van der Waals surface area contributed by atoms with Gasteiger partial charge in [-0.15, -0.1) is 0 Å². The minimum absolute atomic E-state index is 0.0388. The summed E-state index contributed by atoms with van der Waals surface area (Å²) in [5.41, 5.74) is 0.740. The molecular formula is C12H17BrN2OS. The van der Waals surface area contributed by atoms with Gasteiger partial charge in [-0.3, -0.25) is 4.79 Å². The zero-order chi connectivity index (χ0) is 12.4. The third-order valence-corrected chi connectivity index (χ3v) is 4.47. The van der Waals surface area contributed by atoms with Crippen LogP contribution < -0.4 is 5.32 Å². The number of carbonyl (C=O) groups excluding carboxylic acids is 1. The van der Waals surface area contributed by atoms with Crippen LogP contribution in [0.25, 0.3) is 0 Å². The fourth-order valence-corrected chi connectivity index (χ4v) is 3.55. The van der Waals surface area contributed by atoms with Crippen LogP contribution in [-0.2, 0) is 0 Å². The highest BCUT2D eigenvalue weighted by atomic mass is 79.9. The Labute approximate surface area is 114 Å². The summed E-state index contributed by atoms with van der Waals surface area (Å²) in [5, 5.41) is 3.10. The molecule has 0 aliphatic carbocycles. The van der Waals surface area contributed by atoms with Crippen LogP contribution in [0.15, 0.2) is 16.7 Å². The molecule has 1 fully saturated rings. The van der Waals surface area contributed by atoms with E-state index in [1.165, 1.54) is 0 Å². The first-order chi connectivity index (χ1) is 8.08. The average Bonchev–Trinajstić information content (AvgIpc) is 2.86. The average molecular weight is 317 g/mol. The van der Waals surface area contributed by atoms with E-state index in [0.717, 1.165) is 28.1 Å². The second-order valence-corrected chi connectivity index (χ2v) is 6.64. The van der Waals surface area contributed by atoms with E-state index in [4.69, 9.17) is 0 Å². The largest absolute Gasteiger partial charge is 0.347 e. The van der Waals surface area contributed by atoms with E-state index in [1.54, 1.807) is 0 Å². The normalized spacial score (nSPS) is 19.9. The van der Waals surface area contributed by atoms with Gasteiger partial charge in [-0.1, -0.05) is 0 Å². The molecule has 1 saturated heterocycles. The number of nitrogens with zero attached hydrogens (tertiary/aromatic N) is 1. The van der Waals surface area contributed by atoms with Gasteiger partial charge in [0.25, 0.3) is 5.91 Å². The van der Waals surface area contributed by atoms with Crippen molar-refractivity contribution in [3.8, 4) is 0 Å². The predicted octanol–water partition coefficient (Wildman–Crippen LogP) is 3.07. The van der Waals surface area contributed by atoms with Crippen molar-refractivity contribution < 1.29 is 4.79 Å². The second kappa shape index (κ2) is 5.48. The van der Waals surface area contributed by atoms with Gasteiger partial charge in [-0.05, 0) is 48.0 Å². The van der Waals surface area contributed by atoms with Crippen LogP contribution in [0.2, 0.25) is 0 Å². The molecule has 1 unspecified atom stereocenters. The number of halogens is 1. The molecule has 2 rings (SSSR count). The van der Waals surface area contributed by atoms with Crippen molar-refractivity contribution in [1.82, 2.24) is 9.88 Å². The Morgan fingerprint density at radius 1 is 1.65 bits per heavy atom. The maximum Gasteiger partial charge on any atom is 0.268 e. The molecule has 0 radical (unpaired) electrons. The van der Waals surface area contributed by atoms with Crippen LogP contribution in [-0.4, -0.2) is 28.0 Å². The predicted molar refractivity (Wildman–Crippen MR) is 75.7 cm³/mol. The van der Waals surface area contributed by atoms with Crippen LogP contribution in [0.1, 0.15) is 36.8 Å². The Balaban J connectivity index is 2.12. The first kappa shape index (κ1) is 13.0. The van der Waals surface area contributed by atoms with Crippen molar-refractivity contribution >= 4 is 33.6 Å². The quantitative estimate of drug-likeness (QED) is 0.930. The summed E-state index contributed by atoms with van der Waals surface area (Å²) in [5.74, 6) is 2.23. The molecule has 3 nitrogen and oxygen atoms in total. The molecule has 1 aliphatic heterocycles. The summed E-state index contributed by atoms with van der Waals surface area (Å²) < 4.78 is 2.96. The molecule has 1 aromatic heterocycles. The Hall–Kier alpha value is -0.420. The van der Waals surface area contributed by atoms with Crippen LogP contribution in [0.5, 0.6) is 0 Å². The van der Waals surface area contributed by atoms with Crippen LogP contribution in [0.3, 0.4) is 0 Å². The van der Waals surface area contributed by atoms with Gasteiger partial charge in [0.1, 0.15) is 5.69 Å². The van der Waals surface area contributed by atoms with Crippen LogP contribution in [0, 0.1) is 0 Å². The van der Waals surface area contributed by atoms with E-state index >= 15 is 0 Å². The lowest BCUT2D eigenvalue weighted by molar-refractivity contribution is 0.0930. The highest BCUT2D eigenvalue weighted by molar-refractivity contribution is 9.10. The van der Waals surface area contributed by atoms with Crippen molar-refractivity contribution in [2.75, 3.05) is 11.5 Å². The van der Waals surface area contributed by atoms with Crippen LogP contribution >= 0.6 is 27.7 Å². The number of amides is 1. The molecule has 5 heteroatoms.